The van der Waals surface area contributed by atoms with Crippen LogP contribution in [0.3, 0.4) is 0 Å². The number of hydrogen-bond donors (Lipinski definition) is 2. The van der Waals surface area contributed by atoms with Crippen molar-refractivity contribution < 1.29 is 14.4 Å². The zero-order valence-corrected chi connectivity index (χ0v) is 16.2. The van der Waals surface area contributed by atoms with Gasteiger partial charge in [0.25, 0.3) is 0 Å². The van der Waals surface area contributed by atoms with E-state index in [1.165, 1.54) is 32.6 Å². The second-order valence-corrected chi connectivity index (χ2v) is 7.72. The Bertz CT molecular complexity index is 627. The van der Waals surface area contributed by atoms with Crippen LogP contribution in [0.15, 0.2) is 24.3 Å². The van der Waals surface area contributed by atoms with Gasteiger partial charge in [0.2, 0.25) is 17.7 Å². The number of carbonyl (C=O) groups is 3. The Morgan fingerprint density at radius 1 is 1.08 bits per heavy atom. The molecule has 1 aromatic carbocycles. The average molecular weight is 378 g/mol. The molecule has 0 aromatic heterocycles. The highest BCUT2D eigenvalue weighted by Gasteiger charge is 2.20. The molecule has 2 N–H and O–H groups in total. The van der Waals surface area contributed by atoms with Crippen molar-refractivity contribution in [3.63, 3.8) is 0 Å². The van der Waals surface area contributed by atoms with Crippen molar-refractivity contribution >= 4 is 40.9 Å². The third-order valence-electron chi connectivity index (χ3n) is 4.30. The molecule has 1 aliphatic carbocycles. The number of anilines is 2. The first kappa shape index (κ1) is 20.3. The van der Waals surface area contributed by atoms with E-state index in [2.05, 4.69) is 10.6 Å². The maximum Gasteiger partial charge on any atom is 0.243 e. The normalized spacial score (nSPS) is 14.1. The van der Waals surface area contributed by atoms with Crippen molar-refractivity contribution in [2.75, 3.05) is 29.5 Å². The number of likely N-dealkylation sites (N-methyl/N-ethyl adjacent to an activating group) is 1. The van der Waals surface area contributed by atoms with Crippen LogP contribution in [-0.4, -0.2) is 46.7 Å². The molecule has 0 bridgehead atoms. The van der Waals surface area contributed by atoms with Crippen molar-refractivity contribution in [2.24, 2.45) is 0 Å². The van der Waals surface area contributed by atoms with Crippen molar-refractivity contribution in [3.05, 3.63) is 24.3 Å². The van der Waals surface area contributed by atoms with Gasteiger partial charge >= 0.3 is 0 Å². The van der Waals surface area contributed by atoms with Gasteiger partial charge in [0, 0.05) is 30.1 Å². The summed E-state index contributed by atoms with van der Waals surface area (Å²) in [5, 5.41) is 6.05. The Balaban J connectivity index is 1.79. The summed E-state index contributed by atoms with van der Waals surface area (Å²) in [4.78, 5) is 37.2. The van der Waals surface area contributed by atoms with Crippen LogP contribution in [-0.2, 0) is 14.4 Å². The number of nitrogens with zero attached hydrogens (tertiary/aromatic N) is 1. The van der Waals surface area contributed by atoms with Crippen molar-refractivity contribution in [2.45, 2.75) is 44.8 Å². The summed E-state index contributed by atoms with van der Waals surface area (Å²) in [6.45, 7) is 3.89. The van der Waals surface area contributed by atoms with E-state index in [4.69, 9.17) is 0 Å². The van der Waals surface area contributed by atoms with Gasteiger partial charge in [-0.1, -0.05) is 12.8 Å². The molecule has 0 saturated heterocycles. The minimum absolute atomic E-state index is 0.0144. The quantitative estimate of drug-likeness (QED) is 0.730. The molecule has 1 aromatic rings. The lowest BCUT2D eigenvalue weighted by Crippen LogP contribution is -2.39. The van der Waals surface area contributed by atoms with Gasteiger partial charge in [-0.3, -0.25) is 14.4 Å². The molecule has 3 amide bonds. The Morgan fingerprint density at radius 3 is 2.19 bits per heavy atom. The van der Waals surface area contributed by atoms with Crippen LogP contribution in [0.25, 0.3) is 0 Å². The van der Waals surface area contributed by atoms with E-state index in [9.17, 15) is 14.4 Å². The molecule has 1 saturated carbocycles. The van der Waals surface area contributed by atoms with Crippen LogP contribution >= 0.6 is 11.8 Å². The van der Waals surface area contributed by atoms with Crippen LogP contribution < -0.4 is 10.6 Å². The molecular weight excluding hydrogens is 350 g/mol. The SMILES string of the molecule is CCN(CC(=O)Nc1ccc(NC(C)=O)cc1)C(=O)CSC1CCCC1. The second-order valence-electron chi connectivity index (χ2n) is 6.43. The number of thioether (sulfide) groups is 1. The molecule has 0 heterocycles. The molecule has 7 heteroatoms. The minimum atomic E-state index is -0.224. The summed E-state index contributed by atoms with van der Waals surface area (Å²) in [6.07, 6.45) is 4.90. The Labute approximate surface area is 159 Å². The van der Waals surface area contributed by atoms with Gasteiger partial charge in [-0.05, 0) is 44.0 Å². The number of benzene rings is 1. The molecular formula is C19H27N3O3S. The van der Waals surface area contributed by atoms with E-state index in [1.54, 1.807) is 40.9 Å². The zero-order valence-electron chi connectivity index (χ0n) is 15.4. The van der Waals surface area contributed by atoms with Crippen LogP contribution in [0.5, 0.6) is 0 Å². The van der Waals surface area contributed by atoms with Crippen LogP contribution in [0, 0.1) is 0 Å². The van der Waals surface area contributed by atoms with Gasteiger partial charge in [-0.25, -0.2) is 0 Å². The molecule has 6 nitrogen and oxygen atoms in total. The fourth-order valence-electron chi connectivity index (χ4n) is 2.93. The first-order valence-corrected chi connectivity index (χ1v) is 10.1. The van der Waals surface area contributed by atoms with Gasteiger partial charge in [-0.15, -0.1) is 11.8 Å². The number of rotatable bonds is 8. The van der Waals surface area contributed by atoms with E-state index in [-0.39, 0.29) is 24.3 Å². The van der Waals surface area contributed by atoms with Crippen LogP contribution in [0.1, 0.15) is 39.5 Å². The lowest BCUT2D eigenvalue weighted by atomic mass is 10.2. The lowest BCUT2D eigenvalue weighted by molar-refractivity contribution is -0.132. The number of amides is 3. The zero-order chi connectivity index (χ0) is 18.9. The largest absolute Gasteiger partial charge is 0.333 e. The van der Waals surface area contributed by atoms with Crippen LogP contribution in [0.2, 0.25) is 0 Å². The van der Waals surface area contributed by atoms with Gasteiger partial charge in [0.05, 0.1) is 12.3 Å². The summed E-state index contributed by atoms with van der Waals surface area (Å²) in [5.74, 6) is 0.0882. The highest BCUT2D eigenvalue weighted by Crippen LogP contribution is 2.29. The third kappa shape index (κ3) is 6.71. The number of nitrogens with one attached hydrogen (secondary N) is 2. The second kappa shape index (κ2) is 10.2. The van der Waals surface area contributed by atoms with E-state index in [0.29, 0.717) is 28.9 Å². The van der Waals surface area contributed by atoms with E-state index >= 15 is 0 Å². The summed E-state index contributed by atoms with van der Waals surface area (Å²) in [6, 6.07) is 6.88. The summed E-state index contributed by atoms with van der Waals surface area (Å²) in [7, 11) is 0. The summed E-state index contributed by atoms with van der Waals surface area (Å²) < 4.78 is 0. The van der Waals surface area contributed by atoms with Crippen molar-refractivity contribution in [3.8, 4) is 0 Å². The van der Waals surface area contributed by atoms with Crippen LogP contribution in [0.4, 0.5) is 11.4 Å². The Morgan fingerprint density at radius 2 is 1.65 bits per heavy atom. The van der Waals surface area contributed by atoms with E-state index < -0.39 is 0 Å². The van der Waals surface area contributed by atoms with Gasteiger partial charge in [0.1, 0.15) is 0 Å². The smallest absolute Gasteiger partial charge is 0.243 e. The fourth-order valence-corrected chi connectivity index (χ4v) is 4.15. The summed E-state index contributed by atoms with van der Waals surface area (Å²) >= 11 is 1.72. The fraction of sp³-hybridized carbons (Fsp3) is 0.526. The van der Waals surface area contributed by atoms with Gasteiger partial charge in [-0.2, -0.15) is 0 Å². The monoisotopic (exact) mass is 377 g/mol. The highest BCUT2D eigenvalue weighted by molar-refractivity contribution is 8.00. The maximum absolute atomic E-state index is 12.4. The molecule has 1 aliphatic rings. The van der Waals surface area contributed by atoms with E-state index in [0.717, 1.165) is 0 Å². The first-order valence-electron chi connectivity index (χ1n) is 9.04. The first-order chi connectivity index (χ1) is 12.5. The molecule has 0 unspecified atom stereocenters. The van der Waals surface area contributed by atoms with Gasteiger partial charge < -0.3 is 15.5 Å². The molecule has 0 atom stereocenters. The van der Waals surface area contributed by atoms with Crippen molar-refractivity contribution in [1.29, 1.82) is 0 Å². The molecule has 1 fully saturated rings. The van der Waals surface area contributed by atoms with Gasteiger partial charge in [0.15, 0.2) is 0 Å². The molecule has 0 spiro atoms. The third-order valence-corrected chi connectivity index (χ3v) is 5.66. The van der Waals surface area contributed by atoms with Crippen molar-refractivity contribution in [1.82, 2.24) is 4.90 Å². The van der Waals surface area contributed by atoms with E-state index in [1.807, 2.05) is 6.92 Å². The molecule has 2 rings (SSSR count). The average Bonchev–Trinajstić information content (AvgIpc) is 3.12. The lowest BCUT2D eigenvalue weighted by Gasteiger charge is -2.21. The highest BCUT2D eigenvalue weighted by atomic mass is 32.2. The molecule has 26 heavy (non-hydrogen) atoms. The Hall–Kier alpha value is -2.02. The maximum atomic E-state index is 12.4. The molecule has 0 aliphatic heterocycles. The Kier molecular flexibility index (Phi) is 7.97. The number of hydrogen-bond acceptors (Lipinski definition) is 4. The predicted molar refractivity (Wildman–Crippen MR) is 106 cm³/mol. The predicted octanol–water partition coefficient (Wildman–Crippen LogP) is 3.11. The summed E-state index contributed by atoms with van der Waals surface area (Å²) in [5.41, 5.74) is 1.30. The number of carbonyl (C=O) groups excluding carboxylic acids is 3. The topological polar surface area (TPSA) is 78.5 Å². The molecule has 142 valence electrons. The minimum Gasteiger partial charge on any atom is -0.333 e. The molecule has 0 radical (unpaired) electrons. The standard InChI is InChI=1S/C19H27N3O3S/c1-3-22(19(25)13-26-17-6-4-5-7-17)12-18(24)21-16-10-8-15(9-11-16)20-14(2)23/h8-11,17H,3-7,12-13H2,1-2H3,(H,20,23)(H,21,24).